The van der Waals surface area contributed by atoms with Crippen molar-refractivity contribution in [3.05, 3.63) is 53.8 Å². The van der Waals surface area contributed by atoms with Gasteiger partial charge in [-0.3, -0.25) is 9.69 Å². The molecule has 0 aliphatic carbocycles. The Morgan fingerprint density at radius 3 is 2.52 bits per heavy atom. The Labute approximate surface area is 169 Å². The van der Waals surface area contributed by atoms with Gasteiger partial charge in [-0.25, -0.2) is 12.8 Å². The lowest BCUT2D eigenvalue weighted by molar-refractivity contribution is -0.117. The van der Waals surface area contributed by atoms with Crippen LogP contribution in [0, 0.1) is 5.82 Å². The first kappa shape index (κ1) is 19.8. The van der Waals surface area contributed by atoms with E-state index in [1.165, 1.54) is 28.6 Å². The average Bonchev–Trinajstić information content (AvgIpc) is 3.18. The van der Waals surface area contributed by atoms with Crippen LogP contribution in [0.1, 0.15) is 5.56 Å². The number of hydrogen-bond acceptors (Lipinski definition) is 5. The van der Waals surface area contributed by atoms with Crippen LogP contribution in [0.2, 0.25) is 0 Å². The molecule has 9 heteroatoms. The maximum atomic E-state index is 12.9. The van der Waals surface area contributed by atoms with E-state index in [4.69, 9.17) is 4.74 Å². The maximum Gasteiger partial charge on any atom is 0.243 e. The van der Waals surface area contributed by atoms with Gasteiger partial charge in [0, 0.05) is 38.3 Å². The summed E-state index contributed by atoms with van der Waals surface area (Å²) in [5, 5.41) is 2.72. The molecule has 1 saturated heterocycles. The molecule has 0 unspecified atom stereocenters. The van der Waals surface area contributed by atoms with Crippen LogP contribution in [-0.4, -0.2) is 62.9 Å². The normalized spacial score (nSPS) is 17.6. The SMILES string of the molecule is O=C(CN1CCN(S(=O)(=O)c2ccc3c(c2)CCO3)CC1)Nc1ccc(F)cc1. The summed E-state index contributed by atoms with van der Waals surface area (Å²) < 4.78 is 45.7. The second kappa shape index (κ2) is 8.10. The Kier molecular flexibility index (Phi) is 5.53. The fraction of sp³-hybridized carbons (Fsp3) is 0.350. The van der Waals surface area contributed by atoms with E-state index in [1.807, 2.05) is 4.90 Å². The van der Waals surface area contributed by atoms with Crippen molar-refractivity contribution in [1.82, 2.24) is 9.21 Å². The van der Waals surface area contributed by atoms with Gasteiger partial charge in [-0.05, 0) is 48.0 Å². The number of anilines is 1. The zero-order chi connectivity index (χ0) is 20.4. The number of carbonyl (C=O) groups excluding carboxylic acids is 1. The molecule has 7 nitrogen and oxygen atoms in total. The van der Waals surface area contributed by atoms with Crippen LogP contribution < -0.4 is 10.1 Å². The molecule has 0 bridgehead atoms. The first-order valence-electron chi connectivity index (χ1n) is 9.45. The molecule has 2 aromatic rings. The number of rotatable bonds is 5. The van der Waals surface area contributed by atoms with Crippen molar-refractivity contribution in [2.75, 3.05) is 44.6 Å². The topological polar surface area (TPSA) is 79.0 Å². The van der Waals surface area contributed by atoms with Crippen LogP contribution in [0.4, 0.5) is 10.1 Å². The number of piperazine rings is 1. The number of nitrogens with zero attached hydrogens (tertiary/aromatic N) is 2. The summed E-state index contributed by atoms with van der Waals surface area (Å²) in [5.74, 6) is 0.170. The summed E-state index contributed by atoms with van der Waals surface area (Å²) in [5.41, 5.74) is 1.44. The van der Waals surface area contributed by atoms with E-state index < -0.39 is 10.0 Å². The van der Waals surface area contributed by atoms with Gasteiger partial charge in [0.25, 0.3) is 0 Å². The first-order chi connectivity index (χ1) is 13.9. The maximum absolute atomic E-state index is 12.9. The van der Waals surface area contributed by atoms with Crippen molar-refractivity contribution in [2.45, 2.75) is 11.3 Å². The average molecular weight is 419 g/mol. The number of fused-ring (bicyclic) bond motifs is 1. The molecule has 1 N–H and O–H groups in total. The monoisotopic (exact) mass is 419 g/mol. The molecule has 0 aromatic heterocycles. The predicted octanol–water partition coefficient (Wildman–Crippen LogP) is 1.71. The van der Waals surface area contributed by atoms with Crippen LogP contribution >= 0.6 is 0 Å². The molecule has 29 heavy (non-hydrogen) atoms. The fourth-order valence-corrected chi connectivity index (χ4v) is 5.01. The van der Waals surface area contributed by atoms with E-state index in [-0.39, 0.29) is 23.2 Å². The van der Waals surface area contributed by atoms with Crippen LogP contribution in [0.15, 0.2) is 47.4 Å². The number of halogens is 1. The summed E-state index contributed by atoms with van der Waals surface area (Å²) in [6.45, 7) is 2.30. The summed E-state index contributed by atoms with van der Waals surface area (Å²) in [7, 11) is -3.57. The number of nitrogens with one attached hydrogen (secondary N) is 1. The zero-order valence-corrected chi connectivity index (χ0v) is 16.6. The van der Waals surface area contributed by atoms with Gasteiger partial charge in [0.2, 0.25) is 15.9 Å². The quantitative estimate of drug-likeness (QED) is 0.798. The molecule has 1 fully saturated rings. The Balaban J connectivity index is 1.32. The third-order valence-electron chi connectivity index (χ3n) is 5.13. The molecule has 154 valence electrons. The van der Waals surface area contributed by atoms with Crippen LogP contribution in [0.25, 0.3) is 0 Å². The van der Waals surface area contributed by atoms with Gasteiger partial charge >= 0.3 is 0 Å². The molecule has 0 saturated carbocycles. The van der Waals surface area contributed by atoms with Crippen LogP contribution in [0.5, 0.6) is 5.75 Å². The van der Waals surface area contributed by atoms with Gasteiger partial charge in [-0.1, -0.05) is 0 Å². The van der Waals surface area contributed by atoms with Gasteiger partial charge in [-0.15, -0.1) is 0 Å². The van der Waals surface area contributed by atoms with E-state index in [0.717, 1.165) is 17.7 Å². The predicted molar refractivity (Wildman–Crippen MR) is 106 cm³/mol. The van der Waals surface area contributed by atoms with E-state index >= 15 is 0 Å². The lowest BCUT2D eigenvalue weighted by Gasteiger charge is -2.33. The van der Waals surface area contributed by atoms with E-state index in [0.29, 0.717) is 38.5 Å². The Hall–Kier alpha value is -2.49. The number of hydrogen-bond donors (Lipinski definition) is 1. The second-order valence-electron chi connectivity index (χ2n) is 7.10. The summed E-state index contributed by atoms with van der Waals surface area (Å²) in [6.07, 6.45) is 0.718. The molecule has 1 amide bonds. The summed E-state index contributed by atoms with van der Waals surface area (Å²) >= 11 is 0. The number of sulfonamides is 1. The Bertz CT molecular complexity index is 1000. The summed E-state index contributed by atoms with van der Waals surface area (Å²) in [6, 6.07) is 10.6. The van der Waals surface area contributed by atoms with Gasteiger partial charge in [-0.2, -0.15) is 4.31 Å². The highest BCUT2D eigenvalue weighted by Crippen LogP contribution is 2.29. The molecule has 2 heterocycles. The molecule has 0 atom stereocenters. The first-order valence-corrected chi connectivity index (χ1v) is 10.9. The summed E-state index contributed by atoms with van der Waals surface area (Å²) in [4.78, 5) is 14.4. The number of ether oxygens (including phenoxy) is 1. The zero-order valence-electron chi connectivity index (χ0n) is 15.8. The minimum absolute atomic E-state index is 0.154. The smallest absolute Gasteiger partial charge is 0.243 e. The minimum atomic E-state index is -3.57. The molecule has 2 aromatic carbocycles. The minimum Gasteiger partial charge on any atom is -0.493 e. The van der Waals surface area contributed by atoms with E-state index in [2.05, 4.69) is 5.32 Å². The van der Waals surface area contributed by atoms with Crippen molar-refractivity contribution < 1.29 is 22.3 Å². The molecular formula is C20H22FN3O4S. The third kappa shape index (κ3) is 4.42. The molecule has 2 aliphatic heterocycles. The van der Waals surface area contributed by atoms with Gasteiger partial charge < -0.3 is 10.1 Å². The molecule has 0 spiro atoms. The number of amides is 1. The molecule has 0 radical (unpaired) electrons. The molecule has 2 aliphatic rings. The van der Waals surface area contributed by atoms with E-state index in [9.17, 15) is 17.6 Å². The van der Waals surface area contributed by atoms with Gasteiger partial charge in [0.05, 0.1) is 18.0 Å². The second-order valence-corrected chi connectivity index (χ2v) is 9.04. The highest BCUT2D eigenvalue weighted by Gasteiger charge is 2.30. The van der Waals surface area contributed by atoms with Gasteiger partial charge in [0.1, 0.15) is 11.6 Å². The van der Waals surface area contributed by atoms with Crippen LogP contribution in [0.3, 0.4) is 0 Å². The fourth-order valence-electron chi connectivity index (χ4n) is 3.54. The van der Waals surface area contributed by atoms with Crippen molar-refractivity contribution in [3.63, 3.8) is 0 Å². The van der Waals surface area contributed by atoms with Crippen LogP contribution in [-0.2, 0) is 21.2 Å². The Morgan fingerprint density at radius 2 is 1.79 bits per heavy atom. The largest absolute Gasteiger partial charge is 0.493 e. The molecular weight excluding hydrogens is 397 g/mol. The van der Waals surface area contributed by atoms with Gasteiger partial charge in [0.15, 0.2) is 0 Å². The number of carbonyl (C=O) groups is 1. The van der Waals surface area contributed by atoms with Crippen molar-refractivity contribution in [3.8, 4) is 5.75 Å². The third-order valence-corrected chi connectivity index (χ3v) is 7.02. The highest BCUT2D eigenvalue weighted by atomic mass is 32.2. The standard InChI is InChI=1S/C20H22FN3O4S/c21-16-1-3-17(4-2-16)22-20(25)14-23-8-10-24(11-9-23)29(26,27)18-5-6-19-15(13-18)7-12-28-19/h1-6,13H,7-12,14H2,(H,22,25). The lowest BCUT2D eigenvalue weighted by Crippen LogP contribution is -2.50. The number of benzene rings is 2. The lowest BCUT2D eigenvalue weighted by atomic mass is 10.2. The van der Waals surface area contributed by atoms with Crippen molar-refractivity contribution in [2.24, 2.45) is 0 Å². The van der Waals surface area contributed by atoms with Crippen molar-refractivity contribution >= 4 is 21.6 Å². The van der Waals surface area contributed by atoms with E-state index in [1.54, 1.807) is 18.2 Å². The van der Waals surface area contributed by atoms with Crippen molar-refractivity contribution in [1.29, 1.82) is 0 Å². The Morgan fingerprint density at radius 1 is 1.07 bits per heavy atom. The highest BCUT2D eigenvalue weighted by molar-refractivity contribution is 7.89. The molecule has 4 rings (SSSR count).